The molecule has 1 unspecified atom stereocenters. The zero-order valence-corrected chi connectivity index (χ0v) is 7.73. The zero-order chi connectivity index (χ0) is 8.55. The Kier molecular flexibility index (Phi) is 1.93. The molecular weight excluding hydrogens is 168 g/mol. The van der Waals surface area contributed by atoms with Crippen LogP contribution in [0, 0.1) is 0 Å². The SMILES string of the molecule is CC1CSc2cc(C=O)ccc21. The van der Waals surface area contributed by atoms with Gasteiger partial charge in [0, 0.05) is 16.2 Å². The predicted molar refractivity (Wildman–Crippen MR) is 51.0 cm³/mol. The highest BCUT2D eigenvalue weighted by Crippen LogP contribution is 2.39. The van der Waals surface area contributed by atoms with Crippen molar-refractivity contribution in [2.45, 2.75) is 17.7 Å². The van der Waals surface area contributed by atoms with Crippen molar-refractivity contribution in [1.82, 2.24) is 0 Å². The summed E-state index contributed by atoms with van der Waals surface area (Å²) < 4.78 is 0. The van der Waals surface area contributed by atoms with E-state index in [0.717, 1.165) is 17.6 Å². The van der Waals surface area contributed by atoms with Crippen LogP contribution in [0.2, 0.25) is 0 Å². The van der Waals surface area contributed by atoms with Crippen molar-refractivity contribution in [3.63, 3.8) is 0 Å². The van der Waals surface area contributed by atoms with Gasteiger partial charge in [-0.15, -0.1) is 11.8 Å². The number of thioether (sulfide) groups is 1. The van der Waals surface area contributed by atoms with Crippen LogP contribution < -0.4 is 0 Å². The average molecular weight is 178 g/mol. The minimum absolute atomic E-state index is 0.644. The number of carbonyl (C=O) groups excluding carboxylic acids is 1. The summed E-state index contributed by atoms with van der Waals surface area (Å²) in [6.07, 6.45) is 0.907. The van der Waals surface area contributed by atoms with Gasteiger partial charge in [0.2, 0.25) is 0 Å². The van der Waals surface area contributed by atoms with E-state index in [9.17, 15) is 4.79 Å². The Morgan fingerprint density at radius 1 is 1.58 bits per heavy atom. The summed E-state index contributed by atoms with van der Waals surface area (Å²) in [4.78, 5) is 11.8. The maximum atomic E-state index is 10.5. The number of carbonyl (C=O) groups is 1. The van der Waals surface area contributed by atoms with E-state index < -0.39 is 0 Å². The summed E-state index contributed by atoms with van der Waals surface area (Å²) in [7, 11) is 0. The minimum atomic E-state index is 0.644. The fraction of sp³-hybridized carbons (Fsp3) is 0.300. The molecule has 0 N–H and O–H groups in total. The summed E-state index contributed by atoms with van der Waals surface area (Å²) in [6, 6.07) is 5.95. The van der Waals surface area contributed by atoms with Crippen LogP contribution in [0.4, 0.5) is 0 Å². The molecule has 1 atom stereocenters. The summed E-state index contributed by atoms with van der Waals surface area (Å²) >= 11 is 1.85. The van der Waals surface area contributed by atoms with Crippen LogP contribution >= 0.6 is 11.8 Å². The third kappa shape index (κ3) is 1.16. The Hall–Kier alpha value is -0.760. The second-order valence-corrected chi connectivity index (χ2v) is 4.19. The van der Waals surface area contributed by atoms with Crippen molar-refractivity contribution in [3.8, 4) is 0 Å². The Morgan fingerprint density at radius 2 is 2.42 bits per heavy atom. The highest BCUT2D eigenvalue weighted by molar-refractivity contribution is 7.99. The first-order chi connectivity index (χ1) is 5.81. The number of rotatable bonds is 1. The number of hydrogen-bond donors (Lipinski definition) is 0. The van der Waals surface area contributed by atoms with Crippen molar-refractivity contribution >= 4 is 18.0 Å². The predicted octanol–water partition coefficient (Wildman–Crippen LogP) is 2.71. The molecule has 0 saturated carbocycles. The molecule has 1 aromatic carbocycles. The molecule has 1 nitrogen and oxygen atoms in total. The number of hydrogen-bond acceptors (Lipinski definition) is 2. The summed E-state index contributed by atoms with van der Waals surface area (Å²) in [5, 5.41) is 0. The second kappa shape index (κ2) is 2.94. The number of benzene rings is 1. The van der Waals surface area contributed by atoms with Gasteiger partial charge in [-0.3, -0.25) is 4.79 Å². The summed E-state index contributed by atoms with van der Waals surface area (Å²) in [6.45, 7) is 2.22. The maximum absolute atomic E-state index is 10.5. The third-order valence-electron chi connectivity index (χ3n) is 2.19. The Balaban J connectivity index is 2.48. The lowest BCUT2D eigenvalue weighted by atomic mass is 10.0. The lowest BCUT2D eigenvalue weighted by molar-refractivity contribution is 0.112. The zero-order valence-electron chi connectivity index (χ0n) is 6.91. The van der Waals surface area contributed by atoms with Gasteiger partial charge in [0.05, 0.1) is 0 Å². The van der Waals surface area contributed by atoms with E-state index in [1.807, 2.05) is 23.9 Å². The van der Waals surface area contributed by atoms with Crippen LogP contribution in [0.15, 0.2) is 23.1 Å². The molecule has 0 spiro atoms. The van der Waals surface area contributed by atoms with Crippen molar-refractivity contribution < 1.29 is 4.79 Å². The topological polar surface area (TPSA) is 17.1 Å². The van der Waals surface area contributed by atoms with Crippen LogP contribution in [0.5, 0.6) is 0 Å². The normalized spacial score (nSPS) is 20.6. The van der Waals surface area contributed by atoms with E-state index in [1.165, 1.54) is 10.5 Å². The van der Waals surface area contributed by atoms with Crippen molar-refractivity contribution in [2.24, 2.45) is 0 Å². The molecule has 1 aromatic rings. The quantitative estimate of drug-likeness (QED) is 0.615. The van der Waals surface area contributed by atoms with Gasteiger partial charge in [0.1, 0.15) is 6.29 Å². The van der Waals surface area contributed by atoms with Gasteiger partial charge in [0.25, 0.3) is 0 Å². The standard InChI is InChI=1S/C10H10OS/c1-7-6-12-10-4-8(5-11)2-3-9(7)10/h2-5,7H,6H2,1H3. The van der Waals surface area contributed by atoms with Gasteiger partial charge < -0.3 is 0 Å². The van der Waals surface area contributed by atoms with Crippen molar-refractivity contribution in [2.75, 3.05) is 5.75 Å². The molecule has 2 heteroatoms. The summed E-state index contributed by atoms with van der Waals surface area (Å²) in [5.41, 5.74) is 2.18. The van der Waals surface area contributed by atoms with Gasteiger partial charge >= 0.3 is 0 Å². The molecule has 2 rings (SSSR count). The fourth-order valence-electron chi connectivity index (χ4n) is 1.46. The molecule has 0 aliphatic carbocycles. The first-order valence-electron chi connectivity index (χ1n) is 4.03. The first-order valence-corrected chi connectivity index (χ1v) is 5.02. The van der Waals surface area contributed by atoms with Gasteiger partial charge in [-0.05, 0) is 17.5 Å². The molecule has 0 saturated heterocycles. The fourth-order valence-corrected chi connectivity index (χ4v) is 2.73. The molecular formula is C10H10OS. The molecule has 0 radical (unpaired) electrons. The number of fused-ring (bicyclic) bond motifs is 1. The maximum Gasteiger partial charge on any atom is 0.150 e. The lowest BCUT2D eigenvalue weighted by Gasteiger charge is -2.01. The van der Waals surface area contributed by atoms with E-state index >= 15 is 0 Å². The molecule has 1 heterocycles. The number of aldehydes is 1. The molecule has 62 valence electrons. The van der Waals surface area contributed by atoms with Crippen LogP contribution in [-0.4, -0.2) is 12.0 Å². The van der Waals surface area contributed by atoms with Gasteiger partial charge in [-0.1, -0.05) is 19.1 Å². The minimum Gasteiger partial charge on any atom is -0.298 e. The summed E-state index contributed by atoms with van der Waals surface area (Å²) in [5.74, 6) is 1.79. The largest absolute Gasteiger partial charge is 0.298 e. The smallest absolute Gasteiger partial charge is 0.150 e. The van der Waals surface area contributed by atoms with E-state index in [1.54, 1.807) is 0 Å². The molecule has 0 aromatic heterocycles. The van der Waals surface area contributed by atoms with E-state index in [4.69, 9.17) is 0 Å². The molecule has 0 bridgehead atoms. The second-order valence-electron chi connectivity index (χ2n) is 3.13. The van der Waals surface area contributed by atoms with E-state index in [2.05, 4.69) is 13.0 Å². The van der Waals surface area contributed by atoms with E-state index in [0.29, 0.717) is 5.92 Å². The molecule has 0 amide bonds. The Labute approximate surface area is 76.2 Å². The molecule has 12 heavy (non-hydrogen) atoms. The molecule has 0 fully saturated rings. The Morgan fingerprint density at radius 3 is 3.17 bits per heavy atom. The average Bonchev–Trinajstić information content (AvgIpc) is 2.47. The van der Waals surface area contributed by atoms with Crippen LogP contribution in [0.25, 0.3) is 0 Å². The van der Waals surface area contributed by atoms with Gasteiger partial charge in [-0.25, -0.2) is 0 Å². The lowest BCUT2D eigenvalue weighted by Crippen LogP contribution is -1.89. The first kappa shape index (κ1) is 7.87. The molecule has 1 aliphatic rings. The monoisotopic (exact) mass is 178 g/mol. The highest BCUT2D eigenvalue weighted by atomic mass is 32.2. The van der Waals surface area contributed by atoms with Crippen LogP contribution in [-0.2, 0) is 0 Å². The van der Waals surface area contributed by atoms with Crippen molar-refractivity contribution in [3.05, 3.63) is 29.3 Å². The van der Waals surface area contributed by atoms with Crippen molar-refractivity contribution in [1.29, 1.82) is 0 Å². The van der Waals surface area contributed by atoms with E-state index in [-0.39, 0.29) is 0 Å². The highest BCUT2D eigenvalue weighted by Gasteiger charge is 2.18. The van der Waals surface area contributed by atoms with Crippen LogP contribution in [0.1, 0.15) is 28.8 Å². The van der Waals surface area contributed by atoms with Gasteiger partial charge in [-0.2, -0.15) is 0 Å². The van der Waals surface area contributed by atoms with Gasteiger partial charge in [0.15, 0.2) is 0 Å². The Bertz CT molecular complexity index is 320. The van der Waals surface area contributed by atoms with Crippen LogP contribution in [0.3, 0.4) is 0 Å². The third-order valence-corrected chi connectivity index (χ3v) is 3.52. The molecule has 1 aliphatic heterocycles.